The molecule has 1 aliphatic heterocycles. The summed E-state index contributed by atoms with van der Waals surface area (Å²) in [6.07, 6.45) is 0.210. The van der Waals surface area contributed by atoms with Crippen molar-refractivity contribution in [2.24, 2.45) is 5.92 Å². The number of benzene rings is 3. The second-order valence-electron chi connectivity index (χ2n) is 6.43. The number of amides is 2. The van der Waals surface area contributed by atoms with E-state index >= 15 is 0 Å². The molecule has 0 unspecified atom stereocenters. The third kappa shape index (κ3) is 3.28. The van der Waals surface area contributed by atoms with E-state index in [1.807, 2.05) is 42.5 Å². The van der Waals surface area contributed by atoms with E-state index in [2.05, 4.69) is 5.32 Å². The topological polar surface area (TPSA) is 49.4 Å². The molecule has 3 aromatic rings. The summed E-state index contributed by atoms with van der Waals surface area (Å²) in [5.74, 6) is -0.555. The Bertz CT molecular complexity index is 985. The minimum absolute atomic E-state index is 0.0500. The van der Waals surface area contributed by atoms with Crippen LogP contribution in [0.25, 0.3) is 10.8 Å². The van der Waals surface area contributed by atoms with E-state index in [-0.39, 0.29) is 24.2 Å². The van der Waals surface area contributed by atoms with Gasteiger partial charge in [-0.05, 0) is 47.2 Å². The van der Waals surface area contributed by atoms with Gasteiger partial charge in [-0.25, -0.2) is 0 Å². The van der Waals surface area contributed by atoms with Gasteiger partial charge in [0.1, 0.15) is 0 Å². The van der Waals surface area contributed by atoms with Gasteiger partial charge >= 0.3 is 0 Å². The van der Waals surface area contributed by atoms with Crippen molar-refractivity contribution in [1.82, 2.24) is 0 Å². The number of nitrogens with zero attached hydrogens (tertiary/aromatic N) is 1. The highest BCUT2D eigenvalue weighted by Crippen LogP contribution is 2.27. The fraction of sp³-hybridized carbons (Fsp3) is 0.143. The number of nitrogens with one attached hydrogen (secondary N) is 1. The summed E-state index contributed by atoms with van der Waals surface area (Å²) in [7, 11) is 0. The molecule has 1 fully saturated rings. The highest BCUT2D eigenvalue weighted by atomic mass is 35.5. The number of carbonyl (C=O) groups is 2. The van der Waals surface area contributed by atoms with Crippen molar-refractivity contribution in [2.45, 2.75) is 6.42 Å². The molecule has 4 rings (SSSR count). The van der Waals surface area contributed by atoms with Crippen LogP contribution in [-0.2, 0) is 9.59 Å². The fourth-order valence-electron chi connectivity index (χ4n) is 3.27. The molecule has 0 radical (unpaired) electrons. The Balaban J connectivity index is 1.48. The zero-order valence-electron chi connectivity index (χ0n) is 14.0. The largest absolute Gasteiger partial charge is 0.326 e. The zero-order chi connectivity index (χ0) is 18.1. The van der Waals surface area contributed by atoms with Crippen LogP contribution in [0.4, 0.5) is 11.4 Å². The van der Waals surface area contributed by atoms with Gasteiger partial charge in [-0.15, -0.1) is 0 Å². The summed E-state index contributed by atoms with van der Waals surface area (Å²) in [5.41, 5.74) is 1.51. The van der Waals surface area contributed by atoms with E-state index in [1.165, 1.54) is 0 Å². The third-order valence-electron chi connectivity index (χ3n) is 4.65. The predicted molar refractivity (Wildman–Crippen MR) is 104 cm³/mol. The maximum Gasteiger partial charge on any atom is 0.229 e. The van der Waals surface area contributed by atoms with Gasteiger partial charge in [-0.3, -0.25) is 9.59 Å². The van der Waals surface area contributed by atoms with Crippen LogP contribution in [0.15, 0.2) is 66.7 Å². The van der Waals surface area contributed by atoms with Crippen molar-refractivity contribution in [3.63, 3.8) is 0 Å². The summed E-state index contributed by atoms with van der Waals surface area (Å²) in [6.45, 7) is 0.375. The predicted octanol–water partition coefficient (Wildman–Crippen LogP) is 4.48. The van der Waals surface area contributed by atoms with Crippen molar-refractivity contribution < 1.29 is 9.59 Å². The smallest absolute Gasteiger partial charge is 0.229 e. The second kappa shape index (κ2) is 6.81. The first-order valence-corrected chi connectivity index (χ1v) is 8.83. The van der Waals surface area contributed by atoms with Crippen LogP contribution in [0.2, 0.25) is 5.02 Å². The van der Waals surface area contributed by atoms with Crippen molar-refractivity contribution in [1.29, 1.82) is 0 Å². The molecule has 2 amide bonds. The number of halogens is 1. The number of anilines is 2. The molecule has 0 aromatic heterocycles. The van der Waals surface area contributed by atoms with Crippen LogP contribution in [0, 0.1) is 5.92 Å². The molecule has 1 N–H and O–H groups in total. The number of carbonyl (C=O) groups excluding carboxylic acids is 2. The third-order valence-corrected chi connectivity index (χ3v) is 4.90. The Morgan fingerprint density at radius 2 is 1.73 bits per heavy atom. The maximum atomic E-state index is 12.6. The number of fused-ring (bicyclic) bond motifs is 1. The van der Waals surface area contributed by atoms with E-state index in [0.29, 0.717) is 11.6 Å². The molecule has 0 saturated carbocycles. The van der Waals surface area contributed by atoms with Crippen molar-refractivity contribution >= 4 is 45.6 Å². The summed E-state index contributed by atoms with van der Waals surface area (Å²) >= 11 is 5.90. The quantitative estimate of drug-likeness (QED) is 0.744. The SMILES string of the molecule is O=C(Nc1ccc2ccccc2c1)[C@@H]1CC(=O)N(c2ccc(Cl)cc2)C1. The van der Waals surface area contributed by atoms with Crippen LogP contribution >= 0.6 is 11.6 Å². The molecule has 3 aromatic carbocycles. The first kappa shape index (κ1) is 16.6. The Kier molecular flexibility index (Phi) is 4.35. The molecule has 0 spiro atoms. The maximum absolute atomic E-state index is 12.6. The fourth-order valence-corrected chi connectivity index (χ4v) is 3.39. The van der Waals surface area contributed by atoms with Gasteiger partial charge in [-0.1, -0.05) is 41.9 Å². The van der Waals surface area contributed by atoms with Gasteiger partial charge in [0.15, 0.2) is 0 Å². The molecule has 4 nitrogen and oxygen atoms in total. The molecule has 5 heteroatoms. The Morgan fingerprint density at radius 3 is 2.50 bits per heavy atom. The average Bonchev–Trinajstić information content (AvgIpc) is 3.04. The minimum atomic E-state index is -0.371. The molecular weight excluding hydrogens is 348 g/mol. The number of hydrogen-bond acceptors (Lipinski definition) is 2. The van der Waals surface area contributed by atoms with Crippen molar-refractivity contribution in [2.75, 3.05) is 16.8 Å². The average molecular weight is 365 g/mol. The van der Waals surface area contributed by atoms with Crippen LogP contribution in [0.3, 0.4) is 0 Å². The number of hydrogen-bond donors (Lipinski definition) is 1. The van der Waals surface area contributed by atoms with Crippen LogP contribution < -0.4 is 10.2 Å². The molecule has 26 heavy (non-hydrogen) atoms. The number of rotatable bonds is 3. The van der Waals surface area contributed by atoms with E-state index in [4.69, 9.17) is 11.6 Å². The standard InChI is InChI=1S/C21H17ClN2O2/c22-17-6-9-19(10-7-17)24-13-16(12-20(24)25)21(26)23-18-8-5-14-3-1-2-4-15(14)11-18/h1-11,16H,12-13H2,(H,23,26)/t16-/m1/s1. The Hall–Kier alpha value is -2.85. The molecule has 0 aliphatic carbocycles. The molecule has 1 aliphatic rings. The lowest BCUT2D eigenvalue weighted by molar-refractivity contribution is -0.122. The lowest BCUT2D eigenvalue weighted by Crippen LogP contribution is -2.28. The first-order valence-electron chi connectivity index (χ1n) is 8.46. The lowest BCUT2D eigenvalue weighted by atomic mass is 10.1. The van der Waals surface area contributed by atoms with Gasteiger partial charge in [0.05, 0.1) is 5.92 Å². The highest BCUT2D eigenvalue weighted by Gasteiger charge is 2.35. The van der Waals surface area contributed by atoms with Gasteiger partial charge in [-0.2, -0.15) is 0 Å². The Labute approximate surface area is 156 Å². The molecule has 1 saturated heterocycles. The summed E-state index contributed by atoms with van der Waals surface area (Å²) in [5, 5.41) is 5.74. The Morgan fingerprint density at radius 1 is 1.00 bits per heavy atom. The van der Waals surface area contributed by atoms with E-state index in [0.717, 1.165) is 22.1 Å². The van der Waals surface area contributed by atoms with Crippen molar-refractivity contribution in [3.8, 4) is 0 Å². The zero-order valence-corrected chi connectivity index (χ0v) is 14.7. The van der Waals surface area contributed by atoms with Gasteiger partial charge < -0.3 is 10.2 Å². The minimum Gasteiger partial charge on any atom is -0.326 e. The monoisotopic (exact) mass is 364 g/mol. The summed E-state index contributed by atoms with van der Waals surface area (Å²) in [6, 6.07) is 20.9. The van der Waals surface area contributed by atoms with E-state index in [9.17, 15) is 9.59 Å². The summed E-state index contributed by atoms with van der Waals surface area (Å²) in [4.78, 5) is 26.6. The van der Waals surface area contributed by atoms with Gasteiger partial charge in [0.25, 0.3) is 0 Å². The second-order valence-corrected chi connectivity index (χ2v) is 6.87. The van der Waals surface area contributed by atoms with Crippen LogP contribution in [-0.4, -0.2) is 18.4 Å². The molecule has 130 valence electrons. The van der Waals surface area contributed by atoms with Crippen molar-refractivity contribution in [3.05, 3.63) is 71.8 Å². The summed E-state index contributed by atoms with van der Waals surface area (Å²) < 4.78 is 0. The lowest BCUT2D eigenvalue weighted by Gasteiger charge is -2.17. The molecule has 1 atom stereocenters. The molecule has 0 bridgehead atoms. The van der Waals surface area contributed by atoms with Gasteiger partial charge in [0.2, 0.25) is 11.8 Å². The first-order chi connectivity index (χ1) is 12.6. The van der Waals surface area contributed by atoms with Crippen LogP contribution in [0.5, 0.6) is 0 Å². The van der Waals surface area contributed by atoms with Gasteiger partial charge in [0, 0.05) is 29.4 Å². The normalized spacial score (nSPS) is 16.9. The molecule has 1 heterocycles. The van der Waals surface area contributed by atoms with E-state index < -0.39 is 0 Å². The van der Waals surface area contributed by atoms with Crippen LogP contribution in [0.1, 0.15) is 6.42 Å². The highest BCUT2D eigenvalue weighted by molar-refractivity contribution is 6.30. The van der Waals surface area contributed by atoms with E-state index in [1.54, 1.807) is 29.2 Å². The molecular formula is C21H17ClN2O2.